The number of hydrogen-bond acceptors (Lipinski definition) is 1. The number of halogens is 3. The van der Waals surface area contributed by atoms with E-state index in [9.17, 15) is 4.79 Å². The number of amides is 1. The lowest BCUT2D eigenvalue weighted by Crippen LogP contribution is -2.29. The second-order valence-electron chi connectivity index (χ2n) is 3.73. The van der Waals surface area contributed by atoms with Gasteiger partial charge in [0.05, 0.1) is 21.0 Å². The summed E-state index contributed by atoms with van der Waals surface area (Å²) in [6.45, 7) is 1.22. The van der Waals surface area contributed by atoms with Crippen LogP contribution in [0.2, 0.25) is 10.0 Å². The van der Waals surface area contributed by atoms with Crippen molar-refractivity contribution in [2.75, 3.05) is 13.1 Å². The van der Waals surface area contributed by atoms with Crippen molar-refractivity contribution < 1.29 is 4.79 Å². The van der Waals surface area contributed by atoms with E-state index in [2.05, 4.69) is 0 Å². The highest BCUT2D eigenvalue weighted by Gasteiger charge is 2.27. The molecule has 1 saturated heterocycles. The Hall–Kier alpha value is -0.440. The average Bonchev–Trinajstić information content (AvgIpc) is 2.64. The van der Waals surface area contributed by atoms with Crippen LogP contribution in [0.25, 0.3) is 0 Å². The summed E-state index contributed by atoms with van der Waals surface area (Å²) in [5.74, 6) is -0.140. The van der Waals surface area contributed by atoms with Crippen molar-refractivity contribution in [3.8, 4) is 0 Å². The maximum atomic E-state index is 12.1. The molecule has 1 aromatic rings. The summed E-state index contributed by atoms with van der Waals surface area (Å²) in [6.07, 6.45) is 0.815. The molecule has 16 heavy (non-hydrogen) atoms. The molecule has 2 rings (SSSR count). The van der Waals surface area contributed by atoms with E-state index < -0.39 is 0 Å². The van der Waals surface area contributed by atoms with Gasteiger partial charge in [-0.15, -0.1) is 11.6 Å². The summed E-state index contributed by atoms with van der Waals surface area (Å²) in [7, 11) is 0. The minimum absolute atomic E-state index is 0.0326. The molecule has 0 aromatic heterocycles. The average molecular weight is 279 g/mol. The van der Waals surface area contributed by atoms with Gasteiger partial charge in [0.15, 0.2) is 0 Å². The van der Waals surface area contributed by atoms with Crippen LogP contribution < -0.4 is 0 Å². The maximum absolute atomic E-state index is 12.1. The molecule has 2 nitrogen and oxygen atoms in total. The van der Waals surface area contributed by atoms with E-state index in [1.54, 1.807) is 23.1 Å². The molecule has 1 amide bonds. The first-order valence-electron chi connectivity index (χ1n) is 4.97. The van der Waals surface area contributed by atoms with Crippen molar-refractivity contribution >= 4 is 40.7 Å². The largest absolute Gasteiger partial charge is 0.337 e. The van der Waals surface area contributed by atoms with Gasteiger partial charge in [0.2, 0.25) is 0 Å². The third kappa shape index (κ3) is 2.29. The highest BCUT2D eigenvalue weighted by atomic mass is 35.5. The van der Waals surface area contributed by atoms with Gasteiger partial charge in [-0.3, -0.25) is 4.79 Å². The van der Waals surface area contributed by atoms with Gasteiger partial charge >= 0.3 is 0 Å². The number of rotatable bonds is 1. The molecule has 1 aliphatic heterocycles. The van der Waals surface area contributed by atoms with Gasteiger partial charge < -0.3 is 4.90 Å². The van der Waals surface area contributed by atoms with Crippen LogP contribution in [0.3, 0.4) is 0 Å². The van der Waals surface area contributed by atoms with Gasteiger partial charge in [-0.05, 0) is 18.6 Å². The molecule has 1 aliphatic rings. The second-order valence-corrected chi connectivity index (χ2v) is 5.17. The second kappa shape index (κ2) is 4.82. The third-order valence-electron chi connectivity index (χ3n) is 2.59. The molecule has 0 saturated carbocycles. The van der Waals surface area contributed by atoms with Gasteiger partial charge in [0, 0.05) is 13.1 Å². The summed E-state index contributed by atoms with van der Waals surface area (Å²) in [5, 5.41) is 0.802. The van der Waals surface area contributed by atoms with Gasteiger partial charge in [0.25, 0.3) is 5.91 Å². The Kier molecular flexibility index (Phi) is 3.63. The zero-order valence-electron chi connectivity index (χ0n) is 8.42. The van der Waals surface area contributed by atoms with Crippen molar-refractivity contribution in [1.29, 1.82) is 0 Å². The Morgan fingerprint density at radius 2 is 1.94 bits per heavy atom. The Morgan fingerprint density at radius 1 is 1.31 bits per heavy atom. The molecule has 86 valence electrons. The smallest absolute Gasteiger partial charge is 0.256 e. The first-order chi connectivity index (χ1) is 7.59. The van der Waals surface area contributed by atoms with Crippen LogP contribution in [-0.2, 0) is 0 Å². The minimum Gasteiger partial charge on any atom is -0.337 e. The maximum Gasteiger partial charge on any atom is 0.256 e. The van der Waals surface area contributed by atoms with Crippen LogP contribution in [0.4, 0.5) is 0 Å². The molecule has 1 aromatic carbocycles. The molecule has 1 fully saturated rings. The molecule has 0 bridgehead atoms. The topological polar surface area (TPSA) is 20.3 Å². The fourth-order valence-corrected chi connectivity index (χ4v) is 2.59. The number of benzene rings is 1. The molecule has 0 radical (unpaired) electrons. The highest BCUT2D eigenvalue weighted by Crippen LogP contribution is 2.27. The lowest BCUT2D eigenvalue weighted by molar-refractivity contribution is 0.0793. The zero-order chi connectivity index (χ0) is 11.7. The zero-order valence-corrected chi connectivity index (χ0v) is 10.7. The minimum atomic E-state index is -0.140. The van der Waals surface area contributed by atoms with Crippen molar-refractivity contribution in [1.82, 2.24) is 4.90 Å². The fraction of sp³-hybridized carbons (Fsp3) is 0.364. The van der Waals surface area contributed by atoms with Gasteiger partial charge in [0.1, 0.15) is 0 Å². The van der Waals surface area contributed by atoms with Gasteiger partial charge in [-0.1, -0.05) is 29.3 Å². The predicted octanol–water partition coefficient (Wildman–Crippen LogP) is 3.45. The van der Waals surface area contributed by atoms with E-state index in [0.717, 1.165) is 6.42 Å². The van der Waals surface area contributed by atoms with Crippen LogP contribution in [0.1, 0.15) is 16.8 Å². The molecule has 1 heterocycles. The summed E-state index contributed by atoms with van der Waals surface area (Å²) < 4.78 is 0. The third-order valence-corrected chi connectivity index (χ3v) is 3.58. The van der Waals surface area contributed by atoms with Crippen LogP contribution in [0, 0.1) is 0 Å². The number of likely N-dealkylation sites (tertiary alicyclic amines) is 1. The van der Waals surface area contributed by atoms with Crippen LogP contribution in [0.5, 0.6) is 0 Å². The standard InChI is InChI=1S/C11H10Cl3NO/c12-7-4-5-15(6-7)11(16)10-8(13)2-1-3-9(10)14/h1-3,7H,4-6H2. The van der Waals surface area contributed by atoms with Crippen LogP contribution in [-0.4, -0.2) is 29.3 Å². The highest BCUT2D eigenvalue weighted by molar-refractivity contribution is 6.39. The van der Waals surface area contributed by atoms with Crippen molar-refractivity contribution in [2.24, 2.45) is 0 Å². The van der Waals surface area contributed by atoms with E-state index in [1.807, 2.05) is 0 Å². The van der Waals surface area contributed by atoms with Crippen LogP contribution in [0.15, 0.2) is 18.2 Å². The first kappa shape index (κ1) is 12.0. The Labute approximate surface area is 109 Å². The number of nitrogens with zero attached hydrogens (tertiary/aromatic N) is 1. The quantitative estimate of drug-likeness (QED) is 0.721. The lowest BCUT2D eigenvalue weighted by Gasteiger charge is -2.17. The van der Waals surface area contributed by atoms with Crippen molar-refractivity contribution in [3.63, 3.8) is 0 Å². The van der Waals surface area contributed by atoms with Gasteiger partial charge in [-0.2, -0.15) is 0 Å². The van der Waals surface area contributed by atoms with Gasteiger partial charge in [-0.25, -0.2) is 0 Å². The molecule has 1 atom stereocenters. The molecule has 0 N–H and O–H groups in total. The van der Waals surface area contributed by atoms with Crippen molar-refractivity contribution in [2.45, 2.75) is 11.8 Å². The van der Waals surface area contributed by atoms with E-state index >= 15 is 0 Å². The lowest BCUT2D eigenvalue weighted by atomic mass is 10.2. The van der Waals surface area contributed by atoms with Crippen LogP contribution >= 0.6 is 34.8 Å². The Morgan fingerprint density at radius 3 is 2.44 bits per heavy atom. The summed E-state index contributed by atoms with van der Waals surface area (Å²) in [6, 6.07) is 5.04. The molecule has 1 unspecified atom stereocenters. The SMILES string of the molecule is O=C(c1c(Cl)cccc1Cl)N1CCC(Cl)C1. The van der Waals surface area contributed by atoms with E-state index in [-0.39, 0.29) is 11.3 Å². The summed E-state index contributed by atoms with van der Waals surface area (Å²) in [4.78, 5) is 13.8. The Balaban J connectivity index is 2.27. The molecule has 0 spiro atoms. The first-order valence-corrected chi connectivity index (χ1v) is 6.16. The summed E-state index contributed by atoms with van der Waals surface area (Å²) >= 11 is 17.9. The van der Waals surface area contributed by atoms with E-state index in [4.69, 9.17) is 34.8 Å². The monoisotopic (exact) mass is 277 g/mol. The van der Waals surface area contributed by atoms with Crippen molar-refractivity contribution in [3.05, 3.63) is 33.8 Å². The van der Waals surface area contributed by atoms with E-state index in [1.165, 1.54) is 0 Å². The molecular formula is C11H10Cl3NO. The number of carbonyl (C=O) groups excluding carboxylic acids is 1. The number of alkyl halides is 1. The Bertz CT molecular complexity index is 401. The molecule has 5 heteroatoms. The molecular weight excluding hydrogens is 268 g/mol. The number of hydrogen-bond donors (Lipinski definition) is 0. The molecule has 0 aliphatic carbocycles. The summed E-state index contributed by atoms with van der Waals surface area (Å²) in [5.41, 5.74) is 0.372. The van der Waals surface area contributed by atoms with E-state index in [0.29, 0.717) is 28.7 Å². The normalized spacial score (nSPS) is 20.2. The number of carbonyl (C=O) groups is 1. The fourth-order valence-electron chi connectivity index (χ4n) is 1.76. The predicted molar refractivity (Wildman–Crippen MR) is 66.6 cm³/mol.